The number of carboxylic acid groups (broad SMARTS) is 1. The molecule has 226 valence electrons. The molecule has 0 fully saturated rings. The van der Waals surface area contributed by atoms with Gasteiger partial charge in [0.2, 0.25) is 0 Å². The van der Waals surface area contributed by atoms with Crippen LogP contribution in [-0.4, -0.2) is 46.5 Å². The van der Waals surface area contributed by atoms with Crippen molar-refractivity contribution < 1.29 is 43.2 Å². The maximum absolute atomic E-state index is 12.7. The molecule has 0 aromatic heterocycles. The Morgan fingerprint density at radius 3 is 1.75 bits per heavy atom. The summed E-state index contributed by atoms with van der Waals surface area (Å²) >= 11 is 0. The van der Waals surface area contributed by atoms with Crippen molar-refractivity contribution in [2.75, 3.05) is 0 Å². The van der Waals surface area contributed by atoms with Gasteiger partial charge in [-0.15, -0.1) is 0 Å². The SMILES string of the molecule is CCC(C)(C)OC(=O)O[C@](Cc1ccc(OC(=O)CC(C)(C)C)c(OC(=O)CC(C)(C)C)c1)(NC(C)C)C(=O)O. The zero-order chi connectivity index (χ0) is 31.1. The number of benzene rings is 1. The van der Waals surface area contributed by atoms with Gasteiger partial charge in [-0.3, -0.25) is 14.9 Å². The lowest BCUT2D eigenvalue weighted by Crippen LogP contribution is -2.59. The maximum atomic E-state index is 12.7. The van der Waals surface area contributed by atoms with E-state index in [2.05, 4.69) is 5.32 Å². The Labute approximate surface area is 238 Å². The van der Waals surface area contributed by atoms with E-state index in [9.17, 15) is 24.3 Å². The van der Waals surface area contributed by atoms with Gasteiger partial charge in [-0.2, -0.15) is 0 Å². The van der Waals surface area contributed by atoms with Gasteiger partial charge in [-0.05, 0) is 62.6 Å². The van der Waals surface area contributed by atoms with Crippen LogP contribution in [0.25, 0.3) is 0 Å². The number of carbonyl (C=O) groups is 4. The van der Waals surface area contributed by atoms with Crippen LogP contribution in [0.5, 0.6) is 11.5 Å². The van der Waals surface area contributed by atoms with Gasteiger partial charge in [-0.1, -0.05) is 54.5 Å². The summed E-state index contributed by atoms with van der Waals surface area (Å²) in [5, 5.41) is 13.0. The number of carboxylic acids is 1. The Morgan fingerprint density at radius 1 is 0.825 bits per heavy atom. The number of hydrogen-bond acceptors (Lipinski definition) is 9. The summed E-state index contributed by atoms with van der Waals surface area (Å²) < 4.78 is 21.9. The van der Waals surface area contributed by atoms with E-state index in [4.69, 9.17) is 18.9 Å². The summed E-state index contributed by atoms with van der Waals surface area (Å²) in [7, 11) is 0. The molecule has 0 bridgehead atoms. The Balaban J connectivity index is 3.49. The van der Waals surface area contributed by atoms with Gasteiger partial charge in [-0.25, -0.2) is 9.59 Å². The highest BCUT2D eigenvalue weighted by atomic mass is 16.8. The number of carbonyl (C=O) groups excluding carboxylic acids is 3. The van der Waals surface area contributed by atoms with Crippen molar-refractivity contribution in [2.45, 2.75) is 119 Å². The van der Waals surface area contributed by atoms with Gasteiger partial charge >= 0.3 is 24.1 Å². The highest BCUT2D eigenvalue weighted by Gasteiger charge is 2.45. The summed E-state index contributed by atoms with van der Waals surface area (Å²) in [6.07, 6.45) is -0.801. The van der Waals surface area contributed by atoms with E-state index >= 15 is 0 Å². The number of nitrogens with one attached hydrogen (secondary N) is 1. The molecule has 0 aliphatic carbocycles. The third-order valence-electron chi connectivity index (χ3n) is 5.59. The molecule has 0 heterocycles. The number of aliphatic carboxylic acids is 1. The quantitative estimate of drug-likeness (QED) is 0.175. The molecule has 10 heteroatoms. The molecule has 40 heavy (non-hydrogen) atoms. The van der Waals surface area contributed by atoms with Crippen LogP contribution in [0, 0.1) is 10.8 Å². The molecule has 2 N–H and O–H groups in total. The zero-order valence-corrected chi connectivity index (χ0v) is 25.9. The first-order chi connectivity index (χ1) is 18.1. The minimum Gasteiger partial charge on any atom is -0.477 e. The van der Waals surface area contributed by atoms with Crippen LogP contribution in [0.15, 0.2) is 18.2 Å². The van der Waals surface area contributed by atoms with Crippen LogP contribution >= 0.6 is 0 Å². The van der Waals surface area contributed by atoms with E-state index in [1.807, 2.05) is 48.5 Å². The highest BCUT2D eigenvalue weighted by molar-refractivity contribution is 5.81. The summed E-state index contributed by atoms with van der Waals surface area (Å²) in [6, 6.07) is 3.95. The Kier molecular flexibility index (Phi) is 11.8. The average molecular weight is 566 g/mol. The van der Waals surface area contributed by atoms with E-state index < -0.39 is 41.4 Å². The first kappa shape index (κ1) is 34.9. The van der Waals surface area contributed by atoms with E-state index in [0.717, 1.165) is 0 Å². The molecule has 0 unspecified atom stereocenters. The van der Waals surface area contributed by atoms with E-state index in [1.165, 1.54) is 18.2 Å². The second-order valence-corrected chi connectivity index (χ2v) is 13.4. The van der Waals surface area contributed by atoms with Gasteiger partial charge in [0.05, 0.1) is 12.8 Å². The smallest absolute Gasteiger partial charge is 0.477 e. The van der Waals surface area contributed by atoms with Crippen molar-refractivity contribution in [3.8, 4) is 11.5 Å². The van der Waals surface area contributed by atoms with Crippen LogP contribution in [0.2, 0.25) is 0 Å². The van der Waals surface area contributed by atoms with Crippen LogP contribution in [0.1, 0.15) is 101 Å². The Morgan fingerprint density at radius 2 is 1.32 bits per heavy atom. The number of hydrogen-bond donors (Lipinski definition) is 2. The third kappa shape index (κ3) is 12.4. The topological polar surface area (TPSA) is 137 Å². The van der Waals surface area contributed by atoms with Crippen molar-refractivity contribution in [3.63, 3.8) is 0 Å². The van der Waals surface area contributed by atoms with Crippen molar-refractivity contribution in [3.05, 3.63) is 23.8 Å². The molecule has 0 aliphatic heterocycles. The second kappa shape index (κ2) is 13.5. The molecule has 10 nitrogen and oxygen atoms in total. The minimum atomic E-state index is -2.20. The standard InChI is InChI=1S/C30H47NO9/c1-12-29(10,11)39-26(36)40-30(25(34)35,31-19(2)3)16-20-13-14-21(37-23(32)17-27(4,5)6)22(15-20)38-24(33)18-28(7,8)9/h13-15,19,31H,12,16-18H2,1-11H3,(H,34,35)/t30-/m0/s1. The molecule has 1 aromatic carbocycles. The molecule has 0 spiro atoms. The molecule has 0 radical (unpaired) electrons. The fraction of sp³-hybridized carbons (Fsp3) is 0.667. The molecule has 0 aliphatic rings. The van der Waals surface area contributed by atoms with Gasteiger partial charge in [0.15, 0.2) is 11.5 Å². The third-order valence-corrected chi connectivity index (χ3v) is 5.59. The van der Waals surface area contributed by atoms with Crippen molar-refractivity contribution >= 4 is 24.1 Å². The highest BCUT2D eigenvalue weighted by Crippen LogP contribution is 2.33. The molecule has 1 aromatic rings. The van der Waals surface area contributed by atoms with E-state index in [0.29, 0.717) is 12.0 Å². The minimum absolute atomic E-state index is 0.0167. The predicted octanol–water partition coefficient (Wildman–Crippen LogP) is 6.03. The predicted molar refractivity (Wildman–Crippen MR) is 150 cm³/mol. The van der Waals surface area contributed by atoms with Gasteiger partial charge in [0, 0.05) is 12.5 Å². The van der Waals surface area contributed by atoms with Crippen LogP contribution in [-0.2, 0) is 30.3 Å². The Bertz CT molecular complexity index is 1060. The largest absolute Gasteiger partial charge is 0.511 e. The fourth-order valence-corrected chi connectivity index (χ4v) is 3.52. The Hall–Kier alpha value is -3.14. The first-order valence-electron chi connectivity index (χ1n) is 13.5. The molecule has 1 atom stereocenters. The summed E-state index contributed by atoms with van der Waals surface area (Å²) in [5.41, 5.74) is -3.43. The number of esters is 2. The van der Waals surface area contributed by atoms with Gasteiger partial charge in [0.25, 0.3) is 5.72 Å². The number of ether oxygens (including phenoxy) is 4. The first-order valence-corrected chi connectivity index (χ1v) is 13.5. The molecule has 1 rings (SSSR count). The van der Waals surface area contributed by atoms with E-state index in [-0.39, 0.29) is 41.6 Å². The molecular weight excluding hydrogens is 518 g/mol. The number of rotatable bonds is 12. The van der Waals surface area contributed by atoms with Crippen LogP contribution < -0.4 is 14.8 Å². The molecular formula is C30H47NO9. The second-order valence-electron chi connectivity index (χ2n) is 13.4. The summed E-state index contributed by atoms with van der Waals surface area (Å²) in [5.74, 6) is -2.54. The van der Waals surface area contributed by atoms with Gasteiger partial charge in [0.1, 0.15) is 5.60 Å². The lowest BCUT2D eigenvalue weighted by atomic mass is 9.92. The fourth-order valence-electron chi connectivity index (χ4n) is 3.52. The monoisotopic (exact) mass is 565 g/mol. The van der Waals surface area contributed by atoms with E-state index in [1.54, 1.807) is 27.7 Å². The average Bonchev–Trinajstić information content (AvgIpc) is 2.71. The van der Waals surface area contributed by atoms with Crippen molar-refractivity contribution in [2.24, 2.45) is 10.8 Å². The van der Waals surface area contributed by atoms with Crippen LogP contribution in [0.4, 0.5) is 4.79 Å². The summed E-state index contributed by atoms with van der Waals surface area (Å²) in [4.78, 5) is 50.5. The molecule has 0 saturated carbocycles. The maximum Gasteiger partial charge on any atom is 0.511 e. The normalized spacial score (nSPS) is 13.8. The lowest BCUT2D eigenvalue weighted by Gasteiger charge is -2.33. The van der Waals surface area contributed by atoms with Crippen molar-refractivity contribution in [1.29, 1.82) is 0 Å². The molecule has 0 saturated heterocycles. The molecule has 0 amide bonds. The zero-order valence-electron chi connectivity index (χ0n) is 25.9. The lowest BCUT2D eigenvalue weighted by molar-refractivity contribution is -0.169. The van der Waals surface area contributed by atoms with Crippen molar-refractivity contribution in [1.82, 2.24) is 5.32 Å². The van der Waals surface area contributed by atoms with Gasteiger partial charge < -0.3 is 24.1 Å². The summed E-state index contributed by atoms with van der Waals surface area (Å²) in [6.45, 7) is 19.9. The van der Waals surface area contributed by atoms with Crippen LogP contribution in [0.3, 0.4) is 0 Å².